The zero-order chi connectivity index (χ0) is 19.8. The number of aliphatic imine (C=N–C) groups is 1. The number of morpholine rings is 1. The molecule has 2 N–H and O–H groups in total. The van der Waals surface area contributed by atoms with Gasteiger partial charge in [0.1, 0.15) is 5.76 Å². The van der Waals surface area contributed by atoms with Crippen LogP contribution in [0.1, 0.15) is 44.9 Å². The van der Waals surface area contributed by atoms with E-state index in [4.69, 9.17) is 9.15 Å². The Bertz CT molecular complexity index is 576. The van der Waals surface area contributed by atoms with Crippen molar-refractivity contribution in [3.05, 3.63) is 24.2 Å². The summed E-state index contributed by atoms with van der Waals surface area (Å²) < 4.78 is 11.5. The van der Waals surface area contributed by atoms with Gasteiger partial charge in [-0.05, 0) is 58.3 Å². The fraction of sp³-hybridized carbons (Fsp3) is 0.762. The number of nitrogens with zero attached hydrogens (tertiary/aromatic N) is 3. The van der Waals surface area contributed by atoms with Crippen molar-refractivity contribution in [2.24, 2.45) is 4.99 Å². The highest BCUT2D eigenvalue weighted by atomic mass is 16.5. The van der Waals surface area contributed by atoms with Gasteiger partial charge in [-0.15, -0.1) is 0 Å². The van der Waals surface area contributed by atoms with E-state index in [1.807, 2.05) is 13.1 Å². The van der Waals surface area contributed by atoms with Gasteiger partial charge in [-0.3, -0.25) is 14.8 Å². The Morgan fingerprint density at radius 1 is 1.21 bits per heavy atom. The molecule has 3 rings (SSSR count). The Kier molecular flexibility index (Phi) is 8.18. The standard InChI is InChI=1S/C21H37N5O2/c1-17-15-25(16-18(2)28-17)10-7-9-23-21(22-3)24-14-19(20-8-6-13-27-20)26-11-4-5-12-26/h6,8,13,17-19H,4-5,7,9-12,14-16H2,1-3H3,(H2,22,23,24). The zero-order valence-electron chi connectivity index (χ0n) is 17.7. The molecule has 3 unspecified atom stereocenters. The number of guanidine groups is 1. The van der Waals surface area contributed by atoms with E-state index in [9.17, 15) is 0 Å². The van der Waals surface area contributed by atoms with Gasteiger partial charge < -0.3 is 19.8 Å². The Hall–Kier alpha value is -1.57. The molecule has 2 saturated heterocycles. The summed E-state index contributed by atoms with van der Waals surface area (Å²) in [4.78, 5) is 9.38. The summed E-state index contributed by atoms with van der Waals surface area (Å²) in [6, 6.07) is 4.30. The van der Waals surface area contributed by atoms with Gasteiger partial charge in [-0.25, -0.2) is 0 Å². The highest BCUT2D eigenvalue weighted by molar-refractivity contribution is 5.79. The molecule has 2 fully saturated rings. The average Bonchev–Trinajstić information content (AvgIpc) is 3.37. The maximum Gasteiger partial charge on any atom is 0.191 e. The van der Waals surface area contributed by atoms with E-state index in [0.29, 0.717) is 12.2 Å². The van der Waals surface area contributed by atoms with Gasteiger partial charge in [0.25, 0.3) is 0 Å². The number of likely N-dealkylation sites (tertiary alicyclic amines) is 1. The summed E-state index contributed by atoms with van der Waals surface area (Å²) in [6.45, 7) is 11.4. The summed E-state index contributed by atoms with van der Waals surface area (Å²) in [6.07, 6.45) is 6.05. The molecule has 7 nitrogen and oxygen atoms in total. The van der Waals surface area contributed by atoms with Gasteiger partial charge in [0.15, 0.2) is 5.96 Å². The van der Waals surface area contributed by atoms with Crippen LogP contribution in [-0.2, 0) is 4.74 Å². The molecule has 7 heteroatoms. The second-order valence-corrected chi connectivity index (χ2v) is 8.02. The number of ether oxygens (including phenoxy) is 1. The van der Waals surface area contributed by atoms with Crippen molar-refractivity contribution in [2.45, 2.75) is 51.4 Å². The zero-order valence-corrected chi connectivity index (χ0v) is 17.7. The summed E-state index contributed by atoms with van der Waals surface area (Å²) in [5.74, 6) is 1.89. The summed E-state index contributed by atoms with van der Waals surface area (Å²) in [5, 5.41) is 6.95. The SMILES string of the molecule is CN=C(NCCCN1CC(C)OC(C)C1)NCC(c1ccco1)N1CCCC1. The molecular weight excluding hydrogens is 354 g/mol. The first-order valence-corrected chi connectivity index (χ1v) is 10.8. The van der Waals surface area contributed by atoms with Crippen LogP contribution in [0.4, 0.5) is 0 Å². The lowest BCUT2D eigenvalue weighted by atomic mass is 10.2. The molecule has 1 aromatic rings. The largest absolute Gasteiger partial charge is 0.468 e. The molecule has 1 aromatic heterocycles. The van der Waals surface area contributed by atoms with E-state index in [1.54, 1.807) is 6.26 Å². The van der Waals surface area contributed by atoms with Crippen LogP contribution in [0.25, 0.3) is 0 Å². The van der Waals surface area contributed by atoms with E-state index < -0.39 is 0 Å². The summed E-state index contributed by atoms with van der Waals surface area (Å²) in [7, 11) is 1.83. The molecular formula is C21H37N5O2. The number of furan rings is 1. The maximum absolute atomic E-state index is 5.81. The molecule has 2 aliphatic heterocycles. The lowest BCUT2D eigenvalue weighted by Gasteiger charge is -2.35. The van der Waals surface area contributed by atoms with Gasteiger partial charge in [-0.2, -0.15) is 0 Å². The topological polar surface area (TPSA) is 65.3 Å². The number of hydrogen-bond donors (Lipinski definition) is 2. The first kappa shape index (κ1) is 21.1. The van der Waals surface area contributed by atoms with E-state index in [-0.39, 0.29) is 6.04 Å². The molecule has 0 amide bonds. The summed E-state index contributed by atoms with van der Waals surface area (Å²) in [5.41, 5.74) is 0. The smallest absolute Gasteiger partial charge is 0.191 e. The predicted octanol–water partition coefficient (Wildman–Crippen LogP) is 2.08. The van der Waals surface area contributed by atoms with Crippen LogP contribution in [0, 0.1) is 0 Å². The monoisotopic (exact) mass is 391 g/mol. The Balaban J connectivity index is 1.40. The van der Waals surface area contributed by atoms with Crippen LogP contribution in [0.3, 0.4) is 0 Å². The van der Waals surface area contributed by atoms with Crippen molar-refractivity contribution in [3.8, 4) is 0 Å². The highest BCUT2D eigenvalue weighted by Gasteiger charge is 2.25. The molecule has 0 aliphatic carbocycles. The third-order valence-electron chi connectivity index (χ3n) is 5.58. The van der Waals surface area contributed by atoms with Crippen molar-refractivity contribution in [3.63, 3.8) is 0 Å². The number of hydrogen-bond acceptors (Lipinski definition) is 5. The molecule has 0 saturated carbocycles. The van der Waals surface area contributed by atoms with Gasteiger partial charge in [-0.1, -0.05) is 0 Å². The first-order valence-electron chi connectivity index (χ1n) is 10.8. The quantitative estimate of drug-likeness (QED) is 0.402. The van der Waals surface area contributed by atoms with Crippen LogP contribution >= 0.6 is 0 Å². The van der Waals surface area contributed by atoms with Gasteiger partial charge >= 0.3 is 0 Å². The van der Waals surface area contributed by atoms with Crippen LogP contribution in [0.2, 0.25) is 0 Å². The fourth-order valence-corrected chi connectivity index (χ4v) is 4.33. The van der Waals surface area contributed by atoms with Gasteiger partial charge in [0.2, 0.25) is 0 Å². The molecule has 0 spiro atoms. The molecule has 3 heterocycles. The Morgan fingerprint density at radius 3 is 2.61 bits per heavy atom. The van der Waals surface area contributed by atoms with Crippen LogP contribution < -0.4 is 10.6 Å². The minimum atomic E-state index is 0.257. The van der Waals surface area contributed by atoms with Crippen molar-refractivity contribution in [2.75, 3.05) is 52.9 Å². The lowest BCUT2D eigenvalue weighted by Crippen LogP contribution is -2.46. The van der Waals surface area contributed by atoms with Gasteiger partial charge in [0, 0.05) is 39.8 Å². The second kappa shape index (κ2) is 10.8. The minimum absolute atomic E-state index is 0.257. The second-order valence-electron chi connectivity index (χ2n) is 8.02. The highest BCUT2D eigenvalue weighted by Crippen LogP contribution is 2.24. The van der Waals surface area contributed by atoms with Gasteiger partial charge in [0.05, 0.1) is 24.5 Å². The van der Waals surface area contributed by atoms with Crippen LogP contribution in [-0.4, -0.2) is 80.8 Å². The number of rotatable bonds is 8. The molecule has 3 atom stereocenters. The van der Waals surface area contributed by atoms with Crippen molar-refractivity contribution in [1.82, 2.24) is 20.4 Å². The molecule has 28 heavy (non-hydrogen) atoms. The van der Waals surface area contributed by atoms with E-state index >= 15 is 0 Å². The lowest BCUT2D eigenvalue weighted by molar-refractivity contribution is -0.0679. The minimum Gasteiger partial charge on any atom is -0.468 e. The fourth-order valence-electron chi connectivity index (χ4n) is 4.33. The maximum atomic E-state index is 5.81. The van der Waals surface area contributed by atoms with E-state index in [1.165, 1.54) is 12.8 Å². The van der Waals surface area contributed by atoms with Crippen LogP contribution in [0.15, 0.2) is 27.8 Å². The Morgan fingerprint density at radius 2 is 1.96 bits per heavy atom. The molecule has 158 valence electrons. The van der Waals surface area contributed by atoms with E-state index in [2.05, 4.69) is 45.3 Å². The van der Waals surface area contributed by atoms with Crippen molar-refractivity contribution >= 4 is 5.96 Å². The first-order chi connectivity index (χ1) is 13.7. The molecule has 2 aliphatic rings. The van der Waals surface area contributed by atoms with Crippen molar-refractivity contribution < 1.29 is 9.15 Å². The molecule has 0 bridgehead atoms. The predicted molar refractivity (Wildman–Crippen MR) is 113 cm³/mol. The number of nitrogens with one attached hydrogen (secondary N) is 2. The van der Waals surface area contributed by atoms with E-state index in [0.717, 1.165) is 64.0 Å². The van der Waals surface area contributed by atoms with Crippen molar-refractivity contribution in [1.29, 1.82) is 0 Å². The third-order valence-corrected chi connectivity index (χ3v) is 5.58. The third kappa shape index (κ3) is 6.22. The summed E-state index contributed by atoms with van der Waals surface area (Å²) >= 11 is 0. The Labute approximate surface area is 169 Å². The molecule has 0 aromatic carbocycles. The normalized spacial score (nSPS) is 25.8. The average molecular weight is 392 g/mol. The van der Waals surface area contributed by atoms with Crippen LogP contribution in [0.5, 0.6) is 0 Å². The molecule has 0 radical (unpaired) electrons.